The minimum absolute atomic E-state index is 0.177. The molecule has 3 rings (SSSR count). The summed E-state index contributed by atoms with van der Waals surface area (Å²) in [6, 6.07) is 0. The zero-order valence-corrected chi connectivity index (χ0v) is 8.78. The van der Waals surface area contributed by atoms with Crippen molar-refractivity contribution >= 4 is 5.78 Å². The van der Waals surface area contributed by atoms with Crippen molar-refractivity contribution in [3.05, 3.63) is 24.3 Å². The molecule has 0 aliphatic heterocycles. The predicted octanol–water partition coefficient (Wildman–Crippen LogP) is 1.85. The molecule has 1 spiro atoms. The lowest BCUT2D eigenvalue weighted by Gasteiger charge is -2.42. The molecule has 15 heavy (non-hydrogen) atoms. The highest BCUT2D eigenvalue weighted by Crippen LogP contribution is 2.59. The standard InChI is InChI=1S/C13H16O2/c1-8-6-13-7-10(8)11(14)5-9(13)3-2-4-12(13)15/h2,4,9-11,14H,1,3,5-7H2/t9-,10-,11-,13+/m1/s1. The molecule has 0 heterocycles. The molecular formula is C13H16O2. The van der Waals surface area contributed by atoms with Crippen molar-refractivity contribution in [1.82, 2.24) is 0 Å². The zero-order chi connectivity index (χ0) is 10.6. The van der Waals surface area contributed by atoms with Crippen molar-refractivity contribution < 1.29 is 9.90 Å². The summed E-state index contributed by atoms with van der Waals surface area (Å²) in [5, 5.41) is 9.99. The fourth-order valence-corrected chi connectivity index (χ4v) is 3.76. The third-order valence-corrected chi connectivity index (χ3v) is 4.60. The van der Waals surface area contributed by atoms with Gasteiger partial charge in [-0.15, -0.1) is 0 Å². The van der Waals surface area contributed by atoms with E-state index in [0.717, 1.165) is 31.3 Å². The molecule has 0 aromatic heterocycles. The van der Waals surface area contributed by atoms with Gasteiger partial charge in [0.1, 0.15) is 0 Å². The summed E-state index contributed by atoms with van der Waals surface area (Å²) < 4.78 is 0. The summed E-state index contributed by atoms with van der Waals surface area (Å²) in [5.41, 5.74) is 0.907. The Morgan fingerprint density at radius 1 is 1.53 bits per heavy atom. The Morgan fingerprint density at radius 3 is 3.13 bits per heavy atom. The van der Waals surface area contributed by atoms with Gasteiger partial charge in [0.15, 0.2) is 5.78 Å². The second-order valence-electron chi connectivity index (χ2n) is 5.30. The lowest BCUT2D eigenvalue weighted by atomic mass is 9.61. The number of rotatable bonds is 0. The molecular weight excluding hydrogens is 188 g/mol. The SMILES string of the molecule is C=C1C[C@]23C[C@H]1[C@H](O)C[C@H]2CC=CC3=O. The van der Waals surface area contributed by atoms with Gasteiger partial charge < -0.3 is 5.11 Å². The van der Waals surface area contributed by atoms with E-state index in [0.29, 0.717) is 5.92 Å². The largest absolute Gasteiger partial charge is 0.392 e. The van der Waals surface area contributed by atoms with Gasteiger partial charge in [-0.3, -0.25) is 4.79 Å². The van der Waals surface area contributed by atoms with Crippen LogP contribution in [0.2, 0.25) is 0 Å². The number of aliphatic hydroxyl groups excluding tert-OH is 1. The maximum Gasteiger partial charge on any atom is 0.162 e. The topological polar surface area (TPSA) is 37.3 Å². The Kier molecular flexibility index (Phi) is 1.76. The Morgan fingerprint density at radius 2 is 2.33 bits per heavy atom. The first-order valence-electron chi connectivity index (χ1n) is 5.70. The van der Waals surface area contributed by atoms with Crippen LogP contribution >= 0.6 is 0 Å². The van der Waals surface area contributed by atoms with Crippen molar-refractivity contribution in [3.8, 4) is 0 Å². The van der Waals surface area contributed by atoms with E-state index in [2.05, 4.69) is 6.58 Å². The number of hydrogen-bond donors (Lipinski definition) is 1. The monoisotopic (exact) mass is 204 g/mol. The van der Waals surface area contributed by atoms with Crippen molar-refractivity contribution in [2.24, 2.45) is 17.3 Å². The third kappa shape index (κ3) is 1.06. The van der Waals surface area contributed by atoms with E-state index in [1.807, 2.05) is 6.08 Å². The van der Waals surface area contributed by atoms with Crippen LogP contribution in [0, 0.1) is 17.3 Å². The maximum atomic E-state index is 12.1. The molecule has 80 valence electrons. The Labute approximate surface area is 89.7 Å². The van der Waals surface area contributed by atoms with Gasteiger partial charge in [0.2, 0.25) is 0 Å². The lowest BCUT2D eigenvalue weighted by Crippen LogP contribution is -2.43. The van der Waals surface area contributed by atoms with Crippen LogP contribution in [0.4, 0.5) is 0 Å². The van der Waals surface area contributed by atoms with Crippen LogP contribution in [-0.4, -0.2) is 17.0 Å². The van der Waals surface area contributed by atoms with Crippen molar-refractivity contribution in [1.29, 1.82) is 0 Å². The Hall–Kier alpha value is -0.890. The zero-order valence-electron chi connectivity index (χ0n) is 8.78. The number of carbonyl (C=O) groups excluding carboxylic acids is 1. The van der Waals surface area contributed by atoms with Crippen LogP contribution in [-0.2, 0) is 4.79 Å². The molecule has 2 saturated carbocycles. The predicted molar refractivity (Wildman–Crippen MR) is 57.2 cm³/mol. The summed E-state index contributed by atoms with van der Waals surface area (Å²) in [6.07, 6.45) is 6.81. The second kappa shape index (κ2) is 2.82. The van der Waals surface area contributed by atoms with Crippen LogP contribution < -0.4 is 0 Å². The second-order valence-corrected chi connectivity index (χ2v) is 5.30. The normalized spacial score (nSPS) is 48.2. The highest BCUT2D eigenvalue weighted by Gasteiger charge is 2.57. The number of ketones is 1. The summed E-state index contributed by atoms with van der Waals surface area (Å²) >= 11 is 0. The first-order chi connectivity index (χ1) is 7.13. The van der Waals surface area contributed by atoms with Crippen LogP contribution in [0.5, 0.6) is 0 Å². The molecule has 2 nitrogen and oxygen atoms in total. The fraction of sp³-hybridized carbons (Fsp3) is 0.615. The number of carbonyl (C=O) groups is 1. The molecule has 0 aromatic rings. The van der Waals surface area contributed by atoms with Gasteiger partial charge in [0.25, 0.3) is 0 Å². The molecule has 0 saturated heterocycles. The van der Waals surface area contributed by atoms with Crippen molar-refractivity contribution in [3.63, 3.8) is 0 Å². The first-order valence-corrected chi connectivity index (χ1v) is 5.70. The molecule has 2 fully saturated rings. The van der Waals surface area contributed by atoms with Gasteiger partial charge in [0, 0.05) is 11.3 Å². The van der Waals surface area contributed by atoms with E-state index in [4.69, 9.17) is 0 Å². The van der Waals surface area contributed by atoms with Crippen LogP contribution in [0.3, 0.4) is 0 Å². The van der Waals surface area contributed by atoms with Crippen LogP contribution in [0.15, 0.2) is 24.3 Å². The average Bonchev–Trinajstić information content (AvgIpc) is 2.49. The molecule has 0 unspecified atom stereocenters. The molecule has 0 amide bonds. The number of hydrogen-bond acceptors (Lipinski definition) is 2. The summed E-state index contributed by atoms with van der Waals surface area (Å²) in [6.45, 7) is 4.03. The minimum Gasteiger partial charge on any atom is -0.392 e. The van der Waals surface area contributed by atoms with E-state index in [1.165, 1.54) is 0 Å². The quantitative estimate of drug-likeness (QED) is 0.611. The van der Waals surface area contributed by atoms with E-state index in [1.54, 1.807) is 6.08 Å². The minimum atomic E-state index is -0.266. The van der Waals surface area contributed by atoms with Crippen molar-refractivity contribution in [2.45, 2.75) is 31.8 Å². The molecule has 2 bridgehead atoms. The van der Waals surface area contributed by atoms with E-state index >= 15 is 0 Å². The molecule has 3 aliphatic rings. The van der Waals surface area contributed by atoms with Gasteiger partial charge in [-0.25, -0.2) is 0 Å². The molecule has 0 radical (unpaired) electrons. The first kappa shape index (κ1) is 9.34. The van der Waals surface area contributed by atoms with Gasteiger partial charge >= 0.3 is 0 Å². The summed E-state index contributed by atoms with van der Waals surface area (Å²) in [5.74, 6) is 0.798. The number of allylic oxidation sites excluding steroid dienone is 2. The smallest absolute Gasteiger partial charge is 0.162 e. The molecule has 3 aliphatic carbocycles. The molecule has 2 heteroatoms. The number of fused-ring (bicyclic) bond motifs is 1. The van der Waals surface area contributed by atoms with Gasteiger partial charge in [-0.05, 0) is 37.7 Å². The molecule has 4 atom stereocenters. The van der Waals surface area contributed by atoms with Crippen LogP contribution in [0.25, 0.3) is 0 Å². The Balaban J connectivity index is 2.06. The third-order valence-electron chi connectivity index (χ3n) is 4.60. The van der Waals surface area contributed by atoms with Gasteiger partial charge in [-0.1, -0.05) is 18.2 Å². The maximum absolute atomic E-state index is 12.1. The highest BCUT2D eigenvalue weighted by atomic mass is 16.3. The summed E-state index contributed by atoms with van der Waals surface area (Å²) in [4.78, 5) is 12.1. The Bertz CT molecular complexity index is 369. The fourth-order valence-electron chi connectivity index (χ4n) is 3.76. The van der Waals surface area contributed by atoms with Crippen LogP contribution in [0.1, 0.15) is 25.7 Å². The molecule has 1 N–H and O–H groups in total. The highest BCUT2D eigenvalue weighted by molar-refractivity contribution is 5.96. The summed E-state index contributed by atoms with van der Waals surface area (Å²) in [7, 11) is 0. The van der Waals surface area contributed by atoms with Gasteiger partial charge in [0.05, 0.1) is 6.10 Å². The number of aliphatic hydroxyl groups is 1. The lowest BCUT2D eigenvalue weighted by molar-refractivity contribution is -0.131. The van der Waals surface area contributed by atoms with Gasteiger partial charge in [-0.2, -0.15) is 0 Å². The van der Waals surface area contributed by atoms with E-state index < -0.39 is 0 Å². The van der Waals surface area contributed by atoms with Crippen molar-refractivity contribution in [2.75, 3.05) is 0 Å². The molecule has 0 aromatic carbocycles. The average molecular weight is 204 g/mol. The van der Waals surface area contributed by atoms with E-state index in [-0.39, 0.29) is 23.2 Å². The van der Waals surface area contributed by atoms with E-state index in [9.17, 15) is 9.90 Å².